The van der Waals surface area contributed by atoms with E-state index in [1.807, 2.05) is 0 Å². The van der Waals surface area contributed by atoms with Crippen LogP contribution >= 0.6 is 11.8 Å². The van der Waals surface area contributed by atoms with Crippen LogP contribution < -0.4 is 5.32 Å². The maximum atomic E-state index is 11.6. The van der Waals surface area contributed by atoms with Crippen LogP contribution in [0.2, 0.25) is 0 Å². The summed E-state index contributed by atoms with van der Waals surface area (Å²) in [6, 6.07) is 0. The zero-order valence-electron chi connectivity index (χ0n) is 12.1. The fourth-order valence-corrected chi connectivity index (χ4v) is 1.55. The Morgan fingerprint density at radius 3 is 2.32 bits per heavy atom. The van der Waals surface area contributed by atoms with E-state index in [4.69, 9.17) is 4.74 Å². The van der Waals surface area contributed by atoms with Crippen LogP contribution in [0.4, 0.5) is 4.79 Å². The number of ether oxygens (including phenoxy) is 1. The molecule has 0 rings (SSSR count). The molecule has 0 spiro atoms. The van der Waals surface area contributed by atoms with E-state index in [-0.39, 0.29) is 17.6 Å². The molecule has 0 heterocycles. The lowest BCUT2D eigenvalue weighted by atomic mass is 10.2. The molecular formula is C12H22N2O4S. The summed E-state index contributed by atoms with van der Waals surface area (Å²) in [6.07, 6.45) is -0.541. The third-order valence-electron chi connectivity index (χ3n) is 1.82. The topological polar surface area (TPSA) is 75.7 Å². The van der Waals surface area contributed by atoms with E-state index in [1.165, 1.54) is 18.9 Å². The summed E-state index contributed by atoms with van der Waals surface area (Å²) in [5.41, 5.74) is -0.583. The van der Waals surface area contributed by atoms with Gasteiger partial charge in [-0.05, 0) is 20.8 Å². The van der Waals surface area contributed by atoms with E-state index < -0.39 is 11.7 Å². The van der Waals surface area contributed by atoms with Crippen molar-refractivity contribution in [2.45, 2.75) is 33.3 Å². The summed E-state index contributed by atoms with van der Waals surface area (Å²) >= 11 is 1.15. The number of amides is 2. The Hall–Kier alpha value is -1.24. The maximum absolute atomic E-state index is 11.6. The first-order chi connectivity index (χ1) is 8.61. The fourth-order valence-electron chi connectivity index (χ4n) is 1.06. The zero-order valence-corrected chi connectivity index (χ0v) is 12.9. The largest absolute Gasteiger partial charge is 0.444 e. The minimum atomic E-state index is -0.583. The zero-order chi connectivity index (χ0) is 15.1. The number of hydrogen-bond donors (Lipinski definition) is 1. The fraction of sp³-hybridized carbons (Fsp3) is 0.750. The summed E-state index contributed by atoms with van der Waals surface area (Å²) in [4.78, 5) is 35.0. The number of hydrogen-bond acceptors (Lipinski definition) is 5. The second-order valence-electron chi connectivity index (χ2n) is 5.03. The second kappa shape index (κ2) is 8.04. The molecule has 0 saturated heterocycles. The van der Waals surface area contributed by atoms with Gasteiger partial charge in [0.25, 0.3) is 0 Å². The van der Waals surface area contributed by atoms with Crippen LogP contribution in [0.1, 0.15) is 27.7 Å². The van der Waals surface area contributed by atoms with Crippen LogP contribution in [-0.4, -0.2) is 53.5 Å². The predicted molar refractivity (Wildman–Crippen MR) is 75.0 cm³/mol. The van der Waals surface area contributed by atoms with Gasteiger partial charge < -0.3 is 15.0 Å². The number of likely N-dealkylation sites (N-methyl/N-ethyl adjacent to an activating group) is 1. The Bertz CT molecular complexity index is 339. The van der Waals surface area contributed by atoms with Crippen LogP contribution in [0, 0.1) is 0 Å². The smallest absolute Gasteiger partial charge is 0.410 e. The molecule has 0 bridgehead atoms. The summed E-state index contributed by atoms with van der Waals surface area (Å²) in [7, 11) is 1.50. The van der Waals surface area contributed by atoms with Gasteiger partial charge >= 0.3 is 6.09 Å². The lowest BCUT2D eigenvalue weighted by Gasteiger charge is -2.24. The van der Waals surface area contributed by atoms with Gasteiger partial charge in [-0.15, -0.1) is 0 Å². The van der Waals surface area contributed by atoms with Crippen molar-refractivity contribution in [3.05, 3.63) is 0 Å². The van der Waals surface area contributed by atoms with Gasteiger partial charge in [0.05, 0.1) is 0 Å². The third kappa shape index (κ3) is 10.4. The molecule has 0 aliphatic carbocycles. The number of thioether (sulfide) groups is 1. The number of nitrogens with zero attached hydrogens (tertiary/aromatic N) is 1. The SMILES string of the molecule is CC(=O)SCCNC(=O)CN(C)C(=O)OC(C)(C)C. The lowest BCUT2D eigenvalue weighted by molar-refractivity contribution is -0.121. The average molecular weight is 290 g/mol. The van der Waals surface area contributed by atoms with Gasteiger partial charge in [0.15, 0.2) is 5.12 Å². The molecule has 6 nitrogen and oxygen atoms in total. The van der Waals surface area contributed by atoms with Crippen molar-refractivity contribution in [3.8, 4) is 0 Å². The van der Waals surface area contributed by atoms with Gasteiger partial charge in [-0.2, -0.15) is 0 Å². The highest BCUT2D eigenvalue weighted by Gasteiger charge is 2.20. The molecule has 1 N–H and O–H groups in total. The van der Waals surface area contributed by atoms with Gasteiger partial charge in [-0.25, -0.2) is 4.79 Å². The minimum absolute atomic E-state index is 0.0140. The summed E-state index contributed by atoms with van der Waals surface area (Å²) < 4.78 is 5.12. The molecule has 0 saturated carbocycles. The van der Waals surface area contributed by atoms with Crippen molar-refractivity contribution in [3.63, 3.8) is 0 Å². The molecule has 0 unspecified atom stereocenters. The molecule has 7 heteroatoms. The van der Waals surface area contributed by atoms with Crippen molar-refractivity contribution < 1.29 is 19.1 Å². The van der Waals surface area contributed by atoms with Crippen LogP contribution in [0.3, 0.4) is 0 Å². The molecule has 2 amide bonds. The number of carbonyl (C=O) groups excluding carboxylic acids is 3. The Labute approximate surface area is 118 Å². The van der Waals surface area contributed by atoms with Gasteiger partial charge in [-0.3, -0.25) is 9.59 Å². The maximum Gasteiger partial charge on any atom is 0.410 e. The first-order valence-corrected chi connectivity index (χ1v) is 6.94. The van der Waals surface area contributed by atoms with Crippen LogP contribution in [0.5, 0.6) is 0 Å². The van der Waals surface area contributed by atoms with Crippen LogP contribution in [0.25, 0.3) is 0 Å². The number of rotatable bonds is 5. The minimum Gasteiger partial charge on any atom is -0.444 e. The van der Waals surface area contributed by atoms with E-state index in [9.17, 15) is 14.4 Å². The molecule has 0 radical (unpaired) electrons. The van der Waals surface area contributed by atoms with E-state index in [0.29, 0.717) is 12.3 Å². The molecule has 19 heavy (non-hydrogen) atoms. The quantitative estimate of drug-likeness (QED) is 0.771. The molecule has 0 aromatic heterocycles. The van der Waals surface area contributed by atoms with E-state index in [1.54, 1.807) is 20.8 Å². The predicted octanol–water partition coefficient (Wildman–Crippen LogP) is 1.25. The van der Waals surface area contributed by atoms with Gasteiger partial charge in [0, 0.05) is 26.3 Å². The Morgan fingerprint density at radius 2 is 1.84 bits per heavy atom. The average Bonchev–Trinajstić information content (AvgIpc) is 2.21. The molecule has 0 aromatic carbocycles. The molecular weight excluding hydrogens is 268 g/mol. The number of nitrogens with one attached hydrogen (secondary N) is 1. The van der Waals surface area contributed by atoms with E-state index in [0.717, 1.165) is 11.8 Å². The summed E-state index contributed by atoms with van der Waals surface area (Å²) in [5.74, 6) is 0.245. The van der Waals surface area contributed by atoms with Crippen molar-refractivity contribution in [1.29, 1.82) is 0 Å². The van der Waals surface area contributed by atoms with Crippen molar-refractivity contribution in [1.82, 2.24) is 10.2 Å². The molecule has 0 atom stereocenters. The van der Waals surface area contributed by atoms with Crippen LogP contribution in [-0.2, 0) is 14.3 Å². The van der Waals surface area contributed by atoms with E-state index >= 15 is 0 Å². The van der Waals surface area contributed by atoms with Gasteiger partial charge in [0.2, 0.25) is 5.91 Å². The van der Waals surface area contributed by atoms with Gasteiger partial charge in [-0.1, -0.05) is 11.8 Å². The monoisotopic (exact) mass is 290 g/mol. The molecule has 110 valence electrons. The molecule has 0 aromatic rings. The van der Waals surface area contributed by atoms with Crippen LogP contribution in [0.15, 0.2) is 0 Å². The van der Waals surface area contributed by atoms with E-state index in [2.05, 4.69) is 5.32 Å². The Morgan fingerprint density at radius 1 is 1.26 bits per heavy atom. The number of carbonyl (C=O) groups is 3. The molecule has 0 fully saturated rings. The highest BCUT2D eigenvalue weighted by molar-refractivity contribution is 8.13. The Kier molecular flexibility index (Phi) is 7.51. The third-order valence-corrected chi connectivity index (χ3v) is 2.63. The first kappa shape index (κ1) is 17.8. The standard InChI is InChI=1S/C12H22N2O4S/c1-9(15)19-7-6-13-10(16)8-14(5)11(17)18-12(2,3)4/h6-8H2,1-5H3,(H,13,16). The lowest BCUT2D eigenvalue weighted by Crippen LogP contribution is -2.41. The summed E-state index contributed by atoms with van der Waals surface area (Å²) in [5, 5.41) is 2.64. The normalized spacial score (nSPS) is 10.8. The van der Waals surface area contributed by atoms with Crippen molar-refractivity contribution >= 4 is 28.9 Å². The Balaban J connectivity index is 3.92. The molecule has 0 aliphatic heterocycles. The highest BCUT2D eigenvalue weighted by Crippen LogP contribution is 2.08. The molecule has 0 aliphatic rings. The van der Waals surface area contributed by atoms with Crippen molar-refractivity contribution in [2.24, 2.45) is 0 Å². The second-order valence-corrected chi connectivity index (χ2v) is 6.30. The highest BCUT2D eigenvalue weighted by atomic mass is 32.2. The first-order valence-electron chi connectivity index (χ1n) is 5.96. The van der Waals surface area contributed by atoms with Crippen molar-refractivity contribution in [2.75, 3.05) is 25.9 Å². The van der Waals surface area contributed by atoms with Gasteiger partial charge in [0.1, 0.15) is 12.1 Å². The summed E-state index contributed by atoms with van der Waals surface area (Å²) in [6.45, 7) is 7.08.